The largest absolute Gasteiger partial charge is 0.467 e. The maximum Gasteiger partial charge on any atom is 0.234 e. The molecule has 3 aromatic heterocycles. The van der Waals surface area contributed by atoms with E-state index in [2.05, 4.69) is 44.7 Å². The highest BCUT2D eigenvalue weighted by molar-refractivity contribution is 8.00. The molecular weight excluding hydrogens is 422 g/mol. The highest BCUT2D eigenvalue weighted by atomic mass is 32.2. The van der Waals surface area contributed by atoms with Gasteiger partial charge in [-0.2, -0.15) is 0 Å². The molecule has 0 saturated carbocycles. The van der Waals surface area contributed by atoms with E-state index >= 15 is 0 Å². The molecule has 0 saturated heterocycles. The van der Waals surface area contributed by atoms with E-state index in [4.69, 9.17) is 4.42 Å². The Morgan fingerprint density at radius 3 is 2.62 bits per heavy atom. The molecule has 0 radical (unpaired) electrons. The number of hydrogen-bond donors (Lipinski definition) is 1. The minimum Gasteiger partial charge on any atom is -0.467 e. The summed E-state index contributed by atoms with van der Waals surface area (Å²) in [7, 11) is 0. The van der Waals surface area contributed by atoms with Crippen molar-refractivity contribution in [2.75, 3.05) is 29.1 Å². The summed E-state index contributed by atoms with van der Waals surface area (Å²) in [6.07, 6.45) is 3.22. The van der Waals surface area contributed by atoms with Crippen molar-refractivity contribution in [2.24, 2.45) is 0 Å². The smallest absolute Gasteiger partial charge is 0.234 e. The predicted octanol–water partition coefficient (Wildman–Crippen LogP) is 4.96. The lowest BCUT2D eigenvalue weighted by atomic mass is 10.2. The molecule has 166 valence electrons. The van der Waals surface area contributed by atoms with Crippen molar-refractivity contribution in [1.29, 1.82) is 0 Å². The molecule has 0 atom stereocenters. The molecule has 0 aliphatic carbocycles. The zero-order valence-electron chi connectivity index (χ0n) is 18.5. The third-order valence-corrected chi connectivity index (χ3v) is 6.38. The van der Waals surface area contributed by atoms with Gasteiger partial charge in [-0.15, -0.1) is 0 Å². The van der Waals surface area contributed by atoms with Crippen LogP contribution >= 0.6 is 11.8 Å². The maximum absolute atomic E-state index is 12.5. The first-order valence-electron chi connectivity index (χ1n) is 10.7. The average Bonchev–Trinajstić information content (AvgIpc) is 3.43. The molecule has 0 bridgehead atoms. The van der Waals surface area contributed by atoms with Gasteiger partial charge in [-0.25, -0.2) is 9.97 Å². The average molecular weight is 450 g/mol. The highest BCUT2D eigenvalue weighted by Crippen LogP contribution is 2.28. The number of aryl methyl sites for hydroxylation is 1. The molecule has 0 aliphatic heterocycles. The van der Waals surface area contributed by atoms with E-state index in [1.807, 2.05) is 43.3 Å². The number of carbonyl (C=O) groups is 1. The van der Waals surface area contributed by atoms with Crippen LogP contribution in [0.4, 0.5) is 11.4 Å². The van der Waals surface area contributed by atoms with Gasteiger partial charge in [-0.05, 0) is 63.2 Å². The van der Waals surface area contributed by atoms with Gasteiger partial charge in [0.1, 0.15) is 22.8 Å². The highest BCUT2D eigenvalue weighted by Gasteiger charge is 2.14. The predicted molar refractivity (Wildman–Crippen MR) is 129 cm³/mol. The van der Waals surface area contributed by atoms with E-state index in [-0.39, 0.29) is 11.7 Å². The standard InChI is InChI=1S/C24H27N5O2S/c1-4-28(5-2)19-10-8-18(9-11-19)27-22(30)15-32-24-21-13-17(3)29(23(21)25-16-26-24)14-20-7-6-12-31-20/h6-13,16H,4-5,14-15H2,1-3H3,(H,27,30). The quantitative estimate of drug-likeness (QED) is 0.288. The lowest BCUT2D eigenvalue weighted by Crippen LogP contribution is -2.21. The van der Waals surface area contributed by atoms with Crippen molar-refractivity contribution >= 4 is 40.1 Å². The second kappa shape index (κ2) is 9.91. The van der Waals surface area contributed by atoms with E-state index in [1.54, 1.807) is 12.6 Å². The van der Waals surface area contributed by atoms with E-state index < -0.39 is 0 Å². The Morgan fingerprint density at radius 1 is 1.16 bits per heavy atom. The van der Waals surface area contributed by atoms with E-state index in [1.165, 1.54) is 11.8 Å². The topological polar surface area (TPSA) is 76.2 Å². The van der Waals surface area contributed by atoms with E-state index in [0.29, 0.717) is 6.54 Å². The SMILES string of the molecule is CCN(CC)c1ccc(NC(=O)CSc2ncnc3c2cc(C)n3Cc2ccco2)cc1. The first-order valence-corrected chi connectivity index (χ1v) is 11.7. The summed E-state index contributed by atoms with van der Waals surface area (Å²) in [5.74, 6) is 1.07. The number of thioether (sulfide) groups is 1. The second-order valence-corrected chi connectivity index (χ2v) is 8.39. The van der Waals surface area contributed by atoms with Crippen LogP contribution < -0.4 is 10.2 Å². The summed E-state index contributed by atoms with van der Waals surface area (Å²) < 4.78 is 7.58. The molecule has 32 heavy (non-hydrogen) atoms. The molecule has 0 aliphatic rings. The van der Waals surface area contributed by atoms with Gasteiger partial charge in [-0.1, -0.05) is 11.8 Å². The van der Waals surface area contributed by atoms with Gasteiger partial charge in [0.25, 0.3) is 0 Å². The van der Waals surface area contributed by atoms with Gasteiger partial charge in [-0.3, -0.25) is 4.79 Å². The van der Waals surface area contributed by atoms with Crippen LogP contribution in [0.1, 0.15) is 25.3 Å². The number of benzene rings is 1. The summed E-state index contributed by atoms with van der Waals surface area (Å²) >= 11 is 1.41. The van der Waals surface area contributed by atoms with Crippen LogP contribution in [-0.2, 0) is 11.3 Å². The molecule has 1 amide bonds. The summed E-state index contributed by atoms with van der Waals surface area (Å²) in [6, 6.07) is 13.8. The fraction of sp³-hybridized carbons (Fsp3) is 0.292. The van der Waals surface area contributed by atoms with Crippen LogP contribution in [0.3, 0.4) is 0 Å². The van der Waals surface area contributed by atoms with Gasteiger partial charge < -0.3 is 19.2 Å². The molecule has 4 rings (SSSR count). The molecular formula is C24H27N5O2S. The van der Waals surface area contributed by atoms with E-state index in [0.717, 1.165) is 52.0 Å². The lowest BCUT2D eigenvalue weighted by molar-refractivity contribution is -0.113. The zero-order valence-corrected chi connectivity index (χ0v) is 19.4. The number of fused-ring (bicyclic) bond motifs is 1. The molecule has 8 heteroatoms. The van der Waals surface area contributed by atoms with Crippen molar-refractivity contribution in [3.8, 4) is 0 Å². The fourth-order valence-corrected chi connectivity index (χ4v) is 4.48. The van der Waals surface area contributed by atoms with Crippen molar-refractivity contribution < 1.29 is 9.21 Å². The monoisotopic (exact) mass is 449 g/mol. The van der Waals surface area contributed by atoms with Crippen LogP contribution in [-0.4, -0.2) is 39.3 Å². The van der Waals surface area contributed by atoms with Crippen LogP contribution in [0, 0.1) is 6.92 Å². The summed E-state index contributed by atoms with van der Waals surface area (Å²) in [5, 5.41) is 4.71. The fourth-order valence-electron chi connectivity index (χ4n) is 3.71. The number of nitrogens with one attached hydrogen (secondary N) is 1. The number of aromatic nitrogens is 3. The Labute approximate surface area is 191 Å². The van der Waals surface area contributed by atoms with Crippen LogP contribution in [0.25, 0.3) is 11.0 Å². The summed E-state index contributed by atoms with van der Waals surface area (Å²) in [6.45, 7) is 8.81. The molecule has 1 N–H and O–H groups in total. The minimum atomic E-state index is -0.0657. The third-order valence-electron chi connectivity index (χ3n) is 5.37. The van der Waals surface area contributed by atoms with Crippen molar-refractivity contribution in [3.63, 3.8) is 0 Å². The van der Waals surface area contributed by atoms with Crippen molar-refractivity contribution in [3.05, 3.63) is 66.5 Å². The van der Waals surface area contributed by atoms with Crippen LogP contribution in [0.5, 0.6) is 0 Å². The number of carbonyl (C=O) groups excluding carboxylic acids is 1. The molecule has 0 spiro atoms. The number of amides is 1. The number of furan rings is 1. The normalized spacial score (nSPS) is 11.1. The van der Waals surface area contributed by atoms with Gasteiger partial charge in [0.15, 0.2) is 0 Å². The molecule has 7 nitrogen and oxygen atoms in total. The van der Waals surface area contributed by atoms with Crippen LogP contribution in [0.2, 0.25) is 0 Å². The Hall–Kier alpha value is -3.26. The Balaban J connectivity index is 1.42. The molecule has 1 aromatic carbocycles. The first kappa shape index (κ1) is 22.0. The van der Waals surface area contributed by atoms with Gasteiger partial charge in [0, 0.05) is 30.2 Å². The number of nitrogens with zero attached hydrogens (tertiary/aromatic N) is 4. The maximum atomic E-state index is 12.5. The Morgan fingerprint density at radius 2 is 1.94 bits per heavy atom. The van der Waals surface area contributed by atoms with Gasteiger partial charge in [0.05, 0.1) is 23.9 Å². The molecule has 3 heterocycles. The third kappa shape index (κ3) is 4.80. The Bertz CT molecular complexity index is 1180. The number of anilines is 2. The van der Waals surface area contributed by atoms with Gasteiger partial charge in [0.2, 0.25) is 5.91 Å². The zero-order chi connectivity index (χ0) is 22.5. The van der Waals surface area contributed by atoms with E-state index in [9.17, 15) is 4.79 Å². The molecule has 0 unspecified atom stereocenters. The Kier molecular flexibility index (Phi) is 6.80. The van der Waals surface area contributed by atoms with Gasteiger partial charge >= 0.3 is 0 Å². The van der Waals surface area contributed by atoms with Crippen molar-refractivity contribution in [2.45, 2.75) is 32.3 Å². The summed E-state index contributed by atoms with van der Waals surface area (Å²) in [5.41, 5.74) is 3.85. The molecule has 0 fully saturated rings. The molecule has 4 aromatic rings. The number of hydrogen-bond acceptors (Lipinski definition) is 6. The first-order chi connectivity index (χ1) is 15.6. The number of rotatable bonds is 9. The lowest BCUT2D eigenvalue weighted by Gasteiger charge is -2.21. The minimum absolute atomic E-state index is 0.0657. The second-order valence-electron chi connectivity index (χ2n) is 7.42. The van der Waals surface area contributed by atoms with Crippen molar-refractivity contribution in [1.82, 2.24) is 14.5 Å². The summed E-state index contributed by atoms with van der Waals surface area (Å²) in [4.78, 5) is 23.7. The van der Waals surface area contributed by atoms with Crippen LogP contribution in [0.15, 0.2) is 64.5 Å².